The molecule has 0 spiro atoms. The minimum absolute atomic E-state index is 0.0378. The number of anilines is 4. The topological polar surface area (TPSA) is 272 Å². The highest BCUT2D eigenvalue weighted by atomic mass is 35.5. The van der Waals surface area contributed by atoms with E-state index in [1.54, 1.807) is 54.2 Å². The first-order valence-corrected chi connectivity index (χ1v) is 23.7. The lowest BCUT2D eigenvalue weighted by Gasteiger charge is -2.21. The maximum atomic E-state index is 14.1. The van der Waals surface area contributed by atoms with Crippen LogP contribution >= 0.6 is 11.6 Å². The summed E-state index contributed by atoms with van der Waals surface area (Å²) < 4.78 is 3.10. The van der Waals surface area contributed by atoms with Crippen LogP contribution in [0.5, 0.6) is 0 Å². The van der Waals surface area contributed by atoms with Gasteiger partial charge in [-0.1, -0.05) is 66.2 Å². The smallest absolute Gasteiger partial charge is 0.423 e. The van der Waals surface area contributed by atoms with Crippen molar-refractivity contribution in [2.45, 2.75) is 39.8 Å². The average Bonchev–Trinajstić information content (AvgIpc) is 3.42. The molecule has 4 aromatic carbocycles. The highest BCUT2D eigenvalue weighted by Gasteiger charge is 2.23. The lowest BCUT2D eigenvalue weighted by atomic mass is 9.81. The molecule has 76 heavy (non-hydrogen) atoms. The van der Waals surface area contributed by atoms with Gasteiger partial charge in [0, 0.05) is 36.2 Å². The molecule has 2 atom stereocenters. The molecule has 0 radical (unpaired) electrons. The summed E-state index contributed by atoms with van der Waals surface area (Å²) in [7, 11) is -1.39. The number of hydrogen-bond donors (Lipinski definition) is 6. The second-order valence-electron chi connectivity index (χ2n) is 16.9. The van der Waals surface area contributed by atoms with Crippen molar-refractivity contribution >= 4 is 80.9 Å². The Labute approximate surface area is 440 Å². The summed E-state index contributed by atoms with van der Waals surface area (Å²) in [6.07, 6.45) is 5.99. The summed E-state index contributed by atoms with van der Waals surface area (Å²) in [6, 6.07) is 35.3. The largest absolute Gasteiger partial charge is 0.488 e. The van der Waals surface area contributed by atoms with Gasteiger partial charge >= 0.3 is 7.12 Å². The zero-order valence-corrected chi connectivity index (χ0v) is 42.0. The van der Waals surface area contributed by atoms with E-state index in [0.717, 1.165) is 22.5 Å². The van der Waals surface area contributed by atoms with Gasteiger partial charge in [-0.05, 0) is 111 Å². The van der Waals surface area contributed by atoms with Crippen LogP contribution in [0.25, 0.3) is 54.0 Å². The molecule has 0 bridgehead atoms. The predicted octanol–water partition coefficient (Wildman–Crippen LogP) is 8.06. The molecule has 0 aliphatic rings. The first kappa shape index (κ1) is 52.4. The van der Waals surface area contributed by atoms with E-state index in [0.29, 0.717) is 55.3 Å². The zero-order chi connectivity index (χ0) is 54.0. The van der Waals surface area contributed by atoms with E-state index in [2.05, 4.69) is 50.2 Å². The highest BCUT2D eigenvalue weighted by Crippen LogP contribution is 2.32. The minimum atomic E-state index is -1.39. The van der Waals surface area contributed by atoms with Gasteiger partial charge in [0.1, 0.15) is 23.3 Å². The number of nitrogens with two attached hydrogens (primary N) is 2. The van der Waals surface area contributed by atoms with E-state index in [1.807, 2.05) is 112 Å². The zero-order valence-electron chi connectivity index (χ0n) is 41.2. The van der Waals surface area contributed by atoms with Gasteiger partial charge in [0.25, 0.3) is 11.1 Å². The standard InChI is InChI=1S/C27H22N8O.C21H16ClN7O.C6H8BNO2/c1-16-14-18(12-13-30-16)20-10-7-11-21-23(20)26(36)35(19-8-5-4-6-9-19)25(33-21)17(2)32-24-22(29-3)15-31-27(28)34-24;1-12(26-18-16(24-2)11-25-21(23)28-18)19-27-15-10-6-9-14(22)17(15)20(30)29(19)13-7-4-3-5-8-13;1-5-4-6(7(9)10)2-3-8-5/h4-15,17H,1-2H3,(H3,28,31,32,34);3-12H,1H3,(H3,23,25,26,28);2-4,9-10H,1H3/t17-;12-;/m00./s1. The van der Waals surface area contributed by atoms with Crippen molar-refractivity contribution < 1.29 is 10.0 Å². The fourth-order valence-electron chi connectivity index (χ4n) is 8.06. The van der Waals surface area contributed by atoms with Crippen LogP contribution in [-0.4, -0.2) is 66.2 Å². The molecule has 10 rings (SSSR count). The van der Waals surface area contributed by atoms with Gasteiger partial charge in [-0.25, -0.2) is 39.6 Å². The van der Waals surface area contributed by atoms with Gasteiger partial charge < -0.3 is 32.1 Å². The Kier molecular flexibility index (Phi) is 16.1. The van der Waals surface area contributed by atoms with Gasteiger partial charge in [0.2, 0.25) is 23.3 Å². The maximum Gasteiger partial charge on any atom is 0.488 e. The molecule has 22 heteroatoms. The van der Waals surface area contributed by atoms with Crippen LogP contribution in [0.3, 0.4) is 0 Å². The van der Waals surface area contributed by atoms with Crippen molar-refractivity contribution in [2.75, 3.05) is 22.1 Å². The second-order valence-corrected chi connectivity index (χ2v) is 17.3. The van der Waals surface area contributed by atoms with Gasteiger partial charge in [-0.2, -0.15) is 0 Å². The number of hydrogen-bond acceptors (Lipinski definition) is 16. The van der Waals surface area contributed by atoms with E-state index in [1.165, 1.54) is 17.0 Å². The van der Waals surface area contributed by atoms with Crippen molar-refractivity contribution in [1.29, 1.82) is 0 Å². The third-order valence-corrected chi connectivity index (χ3v) is 11.9. The van der Waals surface area contributed by atoms with Crippen LogP contribution in [0.4, 0.5) is 34.9 Å². The molecular weight excluding hydrogens is 983 g/mol. The molecule has 0 saturated carbocycles. The van der Waals surface area contributed by atoms with Crippen LogP contribution < -0.4 is 38.7 Å². The van der Waals surface area contributed by atoms with E-state index in [4.69, 9.17) is 56.2 Å². The predicted molar refractivity (Wildman–Crippen MR) is 296 cm³/mol. The molecule has 0 unspecified atom stereocenters. The number of nitrogens with one attached hydrogen (secondary N) is 2. The van der Waals surface area contributed by atoms with E-state index >= 15 is 0 Å². The van der Waals surface area contributed by atoms with Gasteiger partial charge in [-0.3, -0.25) is 28.7 Å². The molecule has 0 aliphatic carbocycles. The molecule has 6 aromatic heterocycles. The van der Waals surface area contributed by atoms with Crippen LogP contribution in [0.15, 0.2) is 156 Å². The molecule has 20 nitrogen and oxygen atoms in total. The van der Waals surface area contributed by atoms with Gasteiger partial charge in [-0.15, -0.1) is 0 Å². The summed E-state index contributed by atoms with van der Waals surface area (Å²) in [5.41, 5.74) is 17.6. The van der Waals surface area contributed by atoms with Crippen molar-refractivity contribution in [3.05, 3.63) is 218 Å². The van der Waals surface area contributed by atoms with Crippen LogP contribution in [0.1, 0.15) is 49.0 Å². The average molecular weight is 1030 g/mol. The summed E-state index contributed by atoms with van der Waals surface area (Å²) in [5, 5.41) is 24.9. The fourth-order valence-corrected chi connectivity index (χ4v) is 8.31. The Hall–Kier alpha value is -9.93. The number of nitrogen functional groups attached to an aromatic ring is 2. The van der Waals surface area contributed by atoms with Crippen LogP contribution in [-0.2, 0) is 0 Å². The van der Waals surface area contributed by atoms with Crippen molar-refractivity contribution in [2.24, 2.45) is 0 Å². The number of rotatable bonds is 10. The molecule has 10 aromatic rings. The number of pyridine rings is 2. The summed E-state index contributed by atoms with van der Waals surface area (Å²) in [5.74, 6) is 1.53. The molecule has 0 saturated heterocycles. The Balaban J connectivity index is 0.000000172. The molecule has 0 aliphatic heterocycles. The normalized spacial score (nSPS) is 11.4. The van der Waals surface area contributed by atoms with E-state index < -0.39 is 19.2 Å². The van der Waals surface area contributed by atoms with Gasteiger partial charge in [0.05, 0.1) is 63.4 Å². The molecule has 8 N–H and O–H groups in total. The Morgan fingerprint density at radius 2 is 1.08 bits per heavy atom. The maximum absolute atomic E-state index is 14.1. The van der Waals surface area contributed by atoms with Crippen molar-refractivity contribution in [3.63, 3.8) is 0 Å². The fraction of sp³-hybridized carbons (Fsp3) is 0.111. The molecule has 6 heterocycles. The second kappa shape index (κ2) is 23.3. The third kappa shape index (κ3) is 11.6. The van der Waals surface area contributed by atoms with E-state index in [9.17, 15) is 9.59 Å². The molecular formula is C54H46BClN16O4. The number of para-hydroxylation sites is 2. The number of fused-ring (bicyclic) bond motifs is 2. The number of halogens is 1. The number of benzene rings is 4. The Bertz CT molecular complexity index is 3960. The van der Waals surface area contributed by atoms with Crippen LogP contribution in [0.2, 0.25) is 5.02 Å². The number of aromatic nitrogens is 10. The third-order valence-electron chi connectivity index (χ3n) is 11.5. The van der Waals surface area contributed by atoms with Crippen molar-refractivity contribution in [3.8, 4) is 22.5 Å². The summed E-state index contributed by atoms with van der Waals surface area (Å²) >= 11 is 6.31. The Morgan fingerprint density at radius 1 is 0.605 bits per heavy atom. The van der Waals surface area contributed by atoms with E-state index in [-0.39, 0.29) is 46.0 Å². The number of aryl methyl sites for hydroxylation is 2. The SMILES string of the molecule is Cc1cc(B(O)O)ccn1.[C-]#[N+]c1cnc(N)nc1N[C@@H](C)c1nc2cccc(-c3ccnc(C)c3)c2c(=O)n1-c1ccccc1.[C-]#[N+]c1cnc(N)nc1N[C@@H](C)c1nc2cccc(Cl)c2c(=O)n1-c1ccccc1. The minimum Gasteiger partial charge on any atom is -0.423 e. The summed E-state index contributed by atoms with van der Waals surface area (Å²) in [6.45, 7) is 22.1. The quantitative estimate of drug-likeness (QED) is 0.0558. The monoisotopic (exact) mass is 1030 g/mol. The molecule has 376 valence electrons. The first-order chi connectivity index (χ1) is 36.6. The lowest BCUT2D eigenvalue weighted by Crippen LogP contribution is -2.29. The number of nitrogens with zero attached hydrogens (tertiary/aromatic N) is 12. The van der Waals surface area contributed by atoms with Gasteiger partial charge in [0.15, 0.2) is 0 Å². The highest BCUT2D eigenvalue weighted by molar-refractivity contribution is 6.58. The molecule has 0 amide bonds. The molecule has 0 fully saturated rings. The van der Waals surface area contributed by atoms with Crippen molar-refractivity contribution in [1.82, 2.24) is 49.0 Å². The first-order valence-electron chi connectivity index (χ1n) is 23.3. The lowest BCUT2D eigenvalue weighted by molar-refractivity contribution is 0.425. The summed E-state index contributed by atoms with van der Waals surface area (Å²) in [4.78, 5) is 68.3. The van der Waals surface area contributed by atoms with Crippen LogP contribution in [0, 0.1) is 27.0 Å². The Morgan fingerprint density at radius 3 is 1.55 bits per heavy atom.